The lowest BCUT2D eigenvalue weighted by molar-refractivity contribution is 0.519. The first-order valence-electron chi connectivity index (χ1n) is 8.22. The Morgan fingerprint density at radius 2 is 1.92 bits per heavy atom. The molecule has 8 heteroatoms. The summed E-state index contributed by atoms with van der Waals surface area (Å²) in [5.41, 5.74) is 1.48. The van der Waals surface area contributed by atoms with Crippen molar-refractivity contribution in [3.8, 4) is 0 Å². The number of aryl methyl sites for hydroxylation is 1. The van der Waals surface area contributed by atoms with Gasteiger partial charge in [-0.15, -0.1) is 11.3 Å². The van der Waals surface area contributed by atoms with Gasteiger partial charge >= 0.3 is 0 Å². The molecule has 1 aromatic heterocycles. The number of aromatic nitrogens is 2. The highest BCUT2D eigenvalue weighted by atomic mass is 32.2. The van der Waals surface area contributed by atoms with Crippen LogP contribution in [0.15, 0.2) is 54.1 Å². The summed E-state index contributed by atoms with van der Waals surface area (Å²) in [6, 6.07) is 7.83. The van der Waals surface area contributed by atoms with Gasteiger partial charge in [-0.1, -0.05) is 23.8 Å². The van der Waals surface area contributed by atoms with E-state index in [2.05, 4.69) is 16.4 Å². The Balaban J connectivity index is 2.30. The molecule has 6 nitrogen and oxygen atoms in total. The number of nitrogens with one attached hydrogen (secondary N) is 1. The molecule has 0 aliphatic carbocycles. The van der Waals surface area contributed by atoms with Crippen LogP contribution in [0.5, 0.6) is 0 Å². The third-order valence-electron chi connectivity index (χ3n) is 3.72. The van der Waals surface area contributed by atoms with E-state index in [9.17, 15) is 13.0 Å². The lowest BCUT2D eigenvalue weighted by Crippen LogP contribution is -2.41. The van der Waals surface area contributed by atoms with Crippen LogP contribution in [-0.2, 0) is 21.4 Å². The molecule has 0 fully saturated rings. The second kappa shape index (κ2) is 7.96. The predicted octanol–water partition coefficient (Wildman–Crippen LogP) is 3.10. The third-order valence-corrected chi connectivity index (χ3v) is 6.89. The molecule has 0 saturated heterocycles. The minimum Gasteiger partial charge on any atom is -0.598 e. The first kappa shape index (κ1) is 20.7. The highest BCUT2D eigenvalue weighted by molar-refractivity contribution is 7.90. The Labute approximate surface area is 158 Å². The molecular formula is C18H25N3O3S2. The van der Waals surface area contributed by atoms with Crippen molar-refractivity contribution in [2.45, 2.75) is 49.8 Å². The average molecular weight is 396 g/mol. The molecule has 142 valence electrons. The zero-order valence-electron chi connectivity index (χ0n) is 15.5. The Morgan fingerprint density at radius 3 is 2.46 bits per heavy atom. The van der Waals surface area contributed by atoms with E-state index in [-0.39, 0.29) is 10.9 Å². The third kappa shape index (κ3) is 4.76. The Kier molecular flexibility index (Phi) is 6.33. The van der Waals surface area contributed by atoms with Crippen molar-refractivity contribution in [1.82, 2.24) is 13.9 Å². The van der Waals surface area contributed by atoms with Gasteiger partial charge in [-0.25, -0.2) is 0 Å². The average Bonchev–Trinajstić information content (AvgIpc) is 3.04. The summed E-state index contributed by atoms with van der Waals surface area (Å²) in [4.78, 5) is 0.171. The van der Waals surface area contributed by atoms with Crippen LogP contribution in [0.3, 0.4) is 0 Å². The maximum atomic E-state index is 12.7. The van der Waals surface area contributed by atoms with Crippen LogP contribution in [-0.4, -0.2) is 26.9 Å². The molecule has 2 unspecified atom stereocenters. The highest BCUT2D eigenvalue weighted by Gasteiger charge is 2.30. The molecule has 0 amide bonds. The smallest absolute Gasteiger partial charge is 0.282 e. The minimum atomic E-state index is -3.76. The summed E-state index contributed by atoms with van der Waals surface area (Å²) in [7, 11) is -3.76. The number of nitrogens with zero attached hydrogens (tertiary/aromatic N) is 2. The van der Waals surface area contributed by atoms with Crippen LogP contribution in [0.2, 0.25) is 0 Å². The molecule has 1 N–H and O–H groups in total. The fourth-order valence-corrected chi connectivity index (χ4v) is 4.11. The van der Waals surface area contributed by atoms with Crippen molar-refractivity contribution in [3.05, 3.63) is 60.4 Å². The number of rotatable bonds is 7. The van der Waals surface area contributed by atoms with Gasteiger partial charge in [0, 0.05) is 17.6 Å². The van der Waals surface area contributed by atoms with Gasteiger partial charge in [-0.3, -0.25) is 0 Å². The van der Waals surface area contributed by atoms with Gasteiger partial charge in [-0.2, -0.15) is 17.6 Å². The summed E-state index contributed by atoms with van der Waals surface area (Å²) in [5.74, 6) is 0. The summed E-state index contributed by atoms with van der Waals surface area (Å²) in [6.45, 7) is 11.2. The van der Waals surface area contributed by atoms with Crippen LogP contribution < -0.4 is 4.72 Å². The van der Waals surface area contributed by atoms with E-state index in [4.69, 9.17) is 0 Å². The van der Waals surface area contributed by atoms with Crippen LogP contribution in [0.4, 0.5) is 0 Å². The second-order valence-electron chi connectivity index (χ2n) is 7.01. The maximum Gasteiger partial charge on any atom is 0.282 e. The molecule has 2 atom stereocenters. The van der Waals surface area contributed by atoms with Crippen molar-refractivity contribution in [2.24, 2.45) is 0 Å². The fourth-order valence-electron chi connectivity index (χ4n) is 2.16. The first-order chi connectivity index (χ1) is 12.1. The molecular weight excluding hydrogens is 370 g/mol. The van der Waals surface area contributed by atoms with Crippen LogP contribution in [0, 0.1) is 6.92 Å². The minimum absolute atomic E-state index is 0.171. The van der Waals surface area contributed by atoms with E-state index in [1.807, 2.05) is 27.7 Å². The SMILES string of the molecule is C=CCC(N[S+]([O-])C(C)(C)C)c1ccn(S(=O)(=O)c2ccc(C)cc2)n1. The van der Waals surface area contributed by atoms with Crippen LogP contribution in [0.1, 0.15) is 44.5 Å². The molecule has 2 aromatic rings. The molecule has 0 aliphatic rings. The molecule has 0 aliphatic heterocycles. The Hall–Kier alpha value is -1.61. The number of hydrogen-bond donors (Lipinski definition) is 1. The van der Waals surface area contributed by atoms with E-state index in [1.54, 1.807) is 36.4 Å². The standard InChI is InChI=1S/C18H25N3O3S2/c1-6-7-17(20-25(22)18(3,4)5)16-12-13-21(19-16)26(23,24)15-10-8-14(2)9-11-15/h6,8-13,17,20H,1,7H2,2-5H3. The Morgan fingerprint density at radius 1 is 1.31 bits per heavy atom. The summed E-state index contributed by atoms with van der Waals surface area (Å²) in [6.07, 6.45) is 3.57. The van der Waals surface area contributed by atoms with Crippen molar-refractivity contribution < 1.29 is 13.0 Å². The molecule has 0 spiro atoms. The van der Waals surface area contributed by atoms with Gasteiger partial charge in [0.05, 0.1) is 16.6 Å². The van der Waals surface area contributed by atoms with Gasteiger partial charge in [0.15, 0.2) is 0 Å². The van der Waals surface area contributed by atoms with E-state index in [0.29, 0.717) is 12.1 Å². The molecule has 0 bridgehead atoms. The normalized spacial score (nSPS) is 14.8. The molecule has 1 aromatic carbocycles. The zero-order valence-corrected chi connectivity index (χ0v) is 17.1. The summed E-state index contributed by atoms with van der Waals surface area (Å²) < 4.78 is 41.4. The van der Waals surface area contributed by atoms with Gasteiger partial charge in [0.25, 0.3) is 10.0 Å². The highest BCUT2D eigenvalue weighted by Crippen LogP contribution is 2.23. The van der Waals surface area contributed by atoms with Gasteiger partial charge in [0.1, 0.15) is 4.75 Å². The largest absolute Gasteiger partial charge is 0.598 e. The lowest BCUT2D eigenvalue weighted by Gasteiger charge is -2.26. The quantitative estimate of drug-likeness (QED) is 0.575. The van der Waals surface area contributed by atoms with Gasteiger partial charge in [0.2, 0.25) is 0 Å². The van der Waals surface area contributed by atoms with E-state index in [1.165, 1.54) is 6.20 Å². The van der Waals surface area contributed by atoms with E-state index in [0.717, 1.165) is 9.65 Å². The molecule has 0 saturated carbocycles. The van der Waals surface area contributed by atoms with E-state index < -0.39 is 26.1 Å². The first-order valence-corrected chi connectivity index (χ1v) is 10.8. The zero-order chi connectivity index (χ0) is 19.5. The van der Waals surface area contributed by atoms with Crippen molar-refractivity contribution >= 4 is 21.4 Å². The topological polar surface area (TPSA) is 87.0 Å². The van der Waals surface area contributed by atoms with Gasteiger partial charge in [-0.05, 0) is 52.3 Å². The second-order valence-corrected chi connectivity index (χ2v) is 10.8. The van der Waals surface area contributed by atoms with Crippen molar-refractivity contribution in [3.63, 3.8) is 0 Å². The molecule has 26 heavy (non-hydrogen) atoms. The van der Waals surface area contributed by atoms with E-state index >= 15 is 0 Å². The predicted molar refractivity (Wildman–Crippen MR) is 105 cm³/mol. The van der Waals surface area contributed by atoms with Crippen LogP contribution >= 0.6 is 0 Å². The van der Waals surface area contributed by atoms with Crippen LogP contribution in [0.25, 0.3) is 0 Å². The monoisotopic (exact) mass is 395 g/mol. The summed E-state index contributed by atoms with van der Waals surface area (Å²) >= 11 is -1.32. The Bertz CT molecular complexity index is 853. The van der Waals surface area contributed by atoms with Crippen molar-refractivity contribution in [1.29, 1.82) is 0 Å². The maximum absolute atomic E-state index is 12.7. The number of benzene rings is 1. The van der Waals surface area contributed by atoms with Gasteiger partial charge < -0.3 is 4.55 Å². The fraction of sp³-hybridized carbons (Fsp3) is 0.389. The summed E-state index contributed by atoms with van der Waals surface area (Å²) in [5, 5.41) is 4.22. The molecule has 0 radical (unpaired) electrons. The molecule has 1 heterocycles. The van der Waals surface area contributed by atoms with Crippen molar-refractivity contribution in [2.75, 3.05) is 0 Å². The molecule has 2 rings (SSSR count). The number of hydrogen-bond acceptors (Lipinski definition) is 5. The lowest BCUT2D eigenvalue weighted by atomic mass is 10.1.